The standard InChI is InChI=1S/C21H24O4/c22-20(17-9-5-2-6-10-17)18-11-13-19(14-12-18)25-21(23)24-15-16-7-3-1-4-8-16/h1,3-4,7-8,11-14,17,20,22H,2,5-6,9-10,15H2. The van der Waals surface area contributed by atoms with Gasteiger partial charge in [-0.3, -0.25) is 0 Å². The first-order valence-electron chi connectivity index (χ1n) is 8.89. The Kier molecular flexibility index (Phi) is 6.07. The second-order valence-electron chi connectivity index (χ2n) is 6.54. The fourth-order valence-electron chi connectivity index (χ4n) is 3.30. The van der Waals surface area contributed by atoms with Crippen molar-refractivity contribution in [3.05, 3.63) is 65.7 Å². The van der Waals surface area contributed by atoms with Gasteiger partial charge < -0.3 is 14.6 Å². The number of aliphatic hydroxyl groups is 1. The summed E-state index contributed by atoms with van der Waals surface area (Å²) in [6, 6.07) is 16.5. The first kappa shape index (κ1) is 17.5. The van der Waals surface area contributed by atoms with Crippen LogP contribution in [0, 0.1) is 5.92 Å². The summed E-state index contributed by atoms with van der Waals surface area (Å²) in [6.45, 7) is 0.179. The molecule has 1 aliphatic carbocycles. The van der Waals surface area contributed by atoms with Crippen molar-refractivity contribution in [1.29, 1.82) is 0 Å². The van der Waals surface area contributed by atoms with Gasteiger partial charge in [-0.2, -0.15) is 0 Å². The summed E-state index contributed by atoms with van der Waals surface area (Å²) in [6.07, 6.45) is 4.62. The monoisotopic (exact) mass is 340 g/mol. The molecule has 2 aromatic carbocycles. The van der Waals surface area contributed by atoms with E-state index in [9.17, 15) is 9.90 Å². The van der Waals surface area contributed by atoms with Crippen molar-refractivity contribution in [2.75, 3.05) is 0 Å². The lowest BCUT2D eigenvalue weighted by Gasteiger charge is -2.26. The molecule has 0 radical (unpaired) electrons. The molecule has 0 saturated heterocycles. The minimum absolute atomic E-state index is 0.179. The van der Waals surface area contributed by atoms with E-state index in [2.05, 4.69) is 0 Å². The third-order valence-electron chi connectivity index (χ3n) is 4.72. The summed E-state index contributed by atoms with van der Waals surface area (Å²) in [5, 5.41) is 10.5. The van der Waals surface area contributed by atoms with E-state index in [0.717, 1.165) is 24.0 Å². The van der Waals surface area contributed by atoms with Crippen molar-refractivity contribution >= 4 is 6.16 Å². The van der Waals surface area contributed by atoms with Crippen LogP contribution in [0.25, 0.3) is 0 Å². The molecule has 0 heterocycles. The fraction of sp³-hybridized carbons (Fsp3) is 0.381. The van der Waals surface area contributed by atoms with E-state index in [0.29, 0.717) is 11.7 Å². The molecule has 2 aromatic rings. The van der Waals surface area contributed by atoms with Crippen molar-refractivity contribution in [3.63, 3.8) is 0 Å². The second-order valence-corrected chi connectivity index (χ2v) is 6.54. The third-order valence-corrected chi connectivity index (χ3v) is 4.72. The van der Waals surface area contributed by atoms with Crippen molar-refractivity contribution in [3.8, 4) is 5.75 Å². The maximum absolute atomic E-state index is 11.8. The Labute approximate surface area is 148 Å². The number of rotatable bonds is 5. The Bertz CT molecular complexity index is 660. The van der Waals surface area contributed by atoms with E-state index in [-0.39, 0.29) is 6.61 Å². The van der Waals surface area contributed by atoms with Crippen LogP contribution in [0.1, 0.15) is 49.3 Å². The summed E-state index contributed by atoms with van der Waals surface area (Å²) >= 11 is 0. The van der Waals surface area contributed by atoms with Crippen LogP contribution in [0.2, 0.25) is 0 Å². The lowest BCUT2D eigenvalue weighted by Crippen LogP contribution is -2.16. The molecule has 25 heavy (non-hydrogen) atoms. The van der Waals surface area contributed by atoms with Gasteiger partial charge in [0.15, 0.2) is 0 Å². The molecule has 1 saturated carbocycles. The Morgan fingerprint density at radius 3 is 2.36 bits per heavy atom. The molecule has 1 aliphatic rings. The van der Waals surface area contributed by atoms with Crippen LogP contribution in [-0.2, 0) is 11.3 Å². The zero-order valence-corrected chi connectivity index (χ0v) is 14.3. The quantitative estimate of drug-likeness (QED) is 0.613. The maximum atomic E-state index is 11.8. The Morgan fingerprint density at radius 2 is 1.68 bits per heavy atom. The number of carbonyl (C=O) groups excluding carboxylic acids is 1. The Balaban J connectivity index is 1.50. The Morgan fingerprint density at radius 1 is 1.00 bits per heavy atom. The van der Waals surface area contributed by atoms with Gasteiger partial charge in [0, 0.05) is 0 Å². The van der Waals surface area contributed by atoms with Crippen molar-refractivity contribution < 1.29 is 19.4 Å². The number of ether oxygens (including phenoxy) is 2. The highest BCUT2D eigenvalue weighted by Crippen LogP contribution is 2.34. The summed E-state index contributed by atoms with van der Waals surface area (Å²) in [7, 11) is 0. The van der Waals surface area contributed by atoms with Crippen LogP contribution in [0.4, 0.5) is 4.79 Å². The molecule has 0 bridgehead atoms. The number of aliphatic hydroxyl groups excluding tert-OH is 1. The van der Waals surface area contributed by atoms with Gasteiger partial charge in [-0.05, 0) is 42.0 Å². The number of hydrogen-bond donors (Lipinski definition) is 1. The normalized spacial score (nSPS) is 16.2. The largest absolute Gasteiger partial charge is 0.514 e. The van der Waals surface area contributed by atoms with Gasteiger partial charge in [-0.25, -0.2) is 4.79 Å². The smallest absolute Gasteiger partial charge is 0.429 e. The first-order valence-corrected chi connectivity index (χ1v) is 8.89. The lowest BCUT2D eigenvalue weighted by atomic mass is 9.83. The predicted octanol–water partition coefficient (Wildman–Crippen LogP) is 5.02. The predicted molar refractivity (Wildman–Crippen MR) is 95.2 cm³/mol. The van der Waals surface area contributed by atoms with Gasteiger partial charge >= 0.3 is 6.16 Å². The molecule has 132 valence electrons. The molecule has 0 aliphatic heterocycles. The van der Waals surface area contributed by atoms with Crippen LogP contribution in [0.3, 0.4) is 0 Å². The van der Waals surface area contributed by atoms with Gasteiger partial charge in [0.2, 0.25) is 0 Å². The van der Waals surface area contributed by atoms with Crippen LogP contribution in [-0.4, -0.2) is 11.3 Å². The van der Waals surface area contributed by atoms with Gasteiger partial charge in [0.1, 0.15) is 12.4 Å². The van der Waals surface area contributed by atoms with Gasteiger partial charge in [-0.1, -0.05) is 61.7 Å². The maximum Gasteiger partial charge on any atom is 0.514 e. The SMILES string of the molecule is O=C(OCc1ccccc1)Oc1ccc(C(O)C2CCCCC2)cc1. The summed E-state index contributed by atoms with van der Waals surface area (Å²) in [5.41, 5.74) is 1.78. The van der Waals surface area contributed by atoms with Crippen LogP contribution in [0.5, 0.6) is 5.75 Å². The van der Waals surface area contributed by atoms with Gasteiger partial charge in [-0.15, -0.1) is 0 Å². The van der Waals surface area contributed by atoms with Crippen LogP contribution < -0.4 is 4.74 Å². The molecule has 4 nitrogen and oxygen atoms in total. The molecule has 4 heteroatoms. The highest BCUT2D eigenvalue weighted by molar-refractivity contribution is 5.63. The average molecular weight is 340 g/mol. The molecular formula is C21H24O4. The zero-order chi connectivity index (χ0) is 17.5. The summed E-state index contributed by atoms with van der Waals surface area (Å²) in [4.78, 5) is 11.8. The Hall–Kier alpha value is -2.33. The molecule has 0 amide bonds. The summed E-state index contributed by atoms with van der Waals surface area (Å²) in [5.74, 6) is 0.744. The minimum atomic E-state index is -0.732. The second kappa shape index (κ2) is 8.67. The average Bonchev–Trinajstić information content (AvgIpc) is 2.68. The topological polar surface area (TPSA) is 55.8 Å². The molecule has 0 spiro atoms. The van der Waals surface area contributed by atoms with E-state index in [4.69, 9.17) is 9.47 Å². The first-order chi connectivity index (χ1) is 12.2. The van der Waals surface area contributed by atoms with E-state index >= 15 is 0 Å². The van der Waals surface area contributed by atoms with Crippen LogP contribution >= 0.6 is 0 Å². The third kappa shape index (κ3) is 5.07. The van der Waals surface area contributed by atoms with Crippen molar-refractivity contribution in [2.24, 2.45) is 5.92 Å². The molecule has 1 fully saturated rings. The molecular weight excluding hydrogens is 316 g/mol. The zero-order valence-electron chi connectivity index (χ0n) is 14.3. The minimum Gasteiger partial charge on any atom is -0.429 e. The molecule has 3 rings (SSSR count). The molecule has 0 aromatic heterocycles. The molecule has 1 N–H and O–H groups in total. The van der Waals surface area contributed by atoms with Gasteiger partial charge in [0.05, 0.1) is 6.10 Å². The summed E-state index contributed by atoms with van der Waals surface area (Å²) < 4.78 is 10.3. The molecule has 1 unspecified atom stereocenters. The highest BCUT2D eigenvalue weighted by Gasteiger charge is 2.23. The van der Waals surface area contributed by atoms with Crippen molar-refractivity contribution in [1.82, 2.24) is 0 Å². The number of carbonyl (C=O) groups is 1. The van der Waals surface area contributed by atoms with Crippen LogP contribution in [0.15, 0.2) is 54.6 Å². The number of benzene rings is 2. The highest BCUT2D eigenvalue weighted by atomic mass is 16.7. The van der Waals surface area contributed by atoms with Gasteiger partial charge in [0.25, 0.3) is 0 Å². The van der Waals surface area contributed by atoms with Crippen molar-refractivity contribution in [2.45, 2.75) is 44.8 Å². The van der Waals surface area contributed by atoms with E-state index < -0.39 is 12.3 Å². The fourth-order valence-corrected chi connectivity index (χ4v) is 3.30. The van der Waals surface area contributed by atoms with E-state index in [1.807, 2.05) is 42.5 Å². The van der Waals surface area contributed by atoms with E-state index in [1.54, 1.807) is 12.1 Å². The molecule has 1 atom stereocenters. The van der Waals surface area contributed by atoms with E-state index in [1.165, 1.54) is 19.3 Å². The lowest BCUT2D eigenvalue weighted by molar-refractivity contribution is 0.0846. The number of hydrogen-bond acceptors (Lipinski definition) is 4.